The van der Waals surface area contributed by atoms with Crippen LogP contribution in [0.3, 0.4) is 0 Å². The summed E-state index contributed by atoms with van der Waals surface area (Å²) in [5, 5.41) is 5.65. The maximum atomic E-state index is 13.3. The van der Waals surface area contributed by atoms with Gasteiger partial charge in [0.25, 0.3) is 5.91 Å². The zero-order valence-electron chi connectivity index (χ0n) is 19.9. The molecule has 172 valence electrons. The highest BCUT2D eigenvalue weighted by Gasteiger charge is 2.29. The van der Waals surface area contributed by atoms with Crippen LogP contribution in [-0.4, -0.2) is 43.0 Å². The molecule has 2 atom stereocenters. The second-order valence-corrected chi connectivity index (χ2v) is 9.75. The van der Waals surface area contributed by atoms with Gasteiger partial charge in [0.1, 0.15) is 0 Å². The van der Waals surface area contributed by atoms with Gasteiger partial charge in [-0.25, -0.2) is 0 Å². The van der Waals surface area contributed by atoms with E-state index in [-0.39, 0.29) is 11.9 Å². The minimum Gasteiger partial charge on any atom is -0.370 e. The summed E-state index contributed by atoms with van der Waals surface area (Å²) < 4.78 is 0. The molecule has 0 bridgehead atoms. The first-order chi connectivity index (χ1) is 16.1. The SMILES string of the molecule is Cc1ccc(N2CC[C@@H](N3CCCCC3)C2)cc1C(=O)NC(C)c1cccc2ccccc12. The predicted molar refractivity (Wildman–Crippen MR) is 137 cm³/mol. The van der Waals surface area contributed by atoms with E-state index in [0.717, 1.165) is 29.8 Å². The van der Waals surface area contributed by atoms with Gasteiger partial charge in [0.05, 0.1) is 6.04 Å². The van der Waals surface area contributed by atoms with Crippen LogP contribution in [0.2, 0.25) is 0 Å². The molecule has 0 radical (unpaired) electrons. The zero-order chi connectivity index (χ0) is 22.8. The summed E-state index contributed by atoms with van der Waals surface area (Å²) in [6.07, 6.45) is 5.26. The Kier molecular flexibility index (Phi) is 6.37. The van der Waals surface area contributed by atoms with E-state index in [0.29, 0.717) is 6.04 Å². The van der Waals surface area contributed by atoms with Gasteiger partial charge in [-0.2, -0.15) is 0 Å². The van der Waals surface area contributed by atoms with Crippen molar-refractivity contribution in [3.63, 3.8) is 0 Å². The summed E-state index contributed by atoms with van der Waals surface area (Å²) in [6, 6.07) is 21.6. The number of carbonyl (C=O) groups is 1. The molecule has 1 N–H and O–H groups in total. The number of hydrogen-bond acceptors (Lipinski definition) is 3. The predicted octanol–water partition coefficient (Wildman–Crippen LogP) is 5.70. The smallest absolute Gasteiger partial charge is 0.252 e. The van der Waals surface area contributed by atoms with Gasteiger partial charge in [0, 0.05) is 30.4 Å². The Morgan fingerprint density at radius 2 is 1.76 bits per heavy atom. The van der Waals surface area contributed by atoms with Gasteiger partial charge in [-0.3, -0.25) is 9.69 Å². The molecule has 2 saturated heterocycles. The maximum Gasteiger partial charge on any atom is 0.252 e. The van der Waals surface area contributed by atoms with Crippen LogP contribution in [0, 0.1) is 6.92 Å². The van der Waals surface area contributed by atoms with Crippen LogP contribution in [0.4, 0.5) is 5.69 Å². The van der Waals surface area contributed by atoms with Crippen molar-refractivity contribution in [1.82, 2.24) is 10.2 Å². The van der Waals surface area contributed by atoms with Crippen LogP contribution in [0.25, 0.3) is 10.8 Å². The summed E-state index contributed by atoms with van der Waals surface area (Å²) in [7, 11) is 0. The molecule has 4 nitrogen and oxygen atoms in total. The molecule has 4 heteroatoms. The first-order valence-corrected chi connectivity index (χ1v) is 12.5. The number of fused-ring (bicyclic) bond motifs is 1. The van der Waals surface area contributed by atoms with Crippen LogP contribution in [-0.2, 0) is 0 Å². The lowest BCUT2D eigenvalue weighted by Gasteiger charge is -2.32. The lowest BCUT2D eigenvalue weighted by Crippen LogP contribution is -2.40. The van der Waals surface area contributed by atoms with Crippen LogP contribution in [0.1, 0.15) is 60.1 Å². The van der Waals surface area contributed by atoms with Crippen LogP contribution in [0.5, 0.6) is 0 Å². The Labute approximate surface area is 197 Å². The highest BCUT2D eigenvalue weighted by Crippen LogP contribution is 2.28. The molecule has 1 unspecified atom stereocenters. The van der Waals surface area contributed by atoms with Crippen molar-refractivity contribution >= 4 is 22.4 Å². The van der Waals surface area contributed by atoms with Crippen LogP contribution >= 0.6 is 0 Å². The highest BCUT2D eigenvalue weighted by atomic mass is 16.1. The van der Waals surface area contributed by atoms with Gasteiger partial charge in [0.15, 0.2) is 0 Å². The van der Waals surface area contributed by atoms with E-state index in [1.54, 1.807) is 0 Å². The number of benzene rings is 3. The third-order valence-corrected chi connectivity index (χ3v) is 7.54. The van der Waals surface area contributed by atoms with Gasteiger partial charge in [0.2, 0.25) is 0 Å². The first kappa shape index (κ1) is 22.0. The Morgan fingerprint density at radius 3 is 2.61 bits per heavy atom. The lowest BCUT2D eigenvalue weighted by atomic mass is 9.99. The van der Waals surface area contributed by atoms with E-state index in [1.165, 1.54) is 55.2 Å². The molecule has 3 aromatic rings. The van der Waals surface area contributed by atoms with E-state index in [2.05, 4.69) is 82.7 Å². The molecule has 2 aliphatic heterocycles. The minimum atomic E-state index is -0.0677. The number of likely N-dealkylation sites (tertiary alicyclic amines) is 1. The maximum absolute atomic E-state index is 13.3. The third kappa shape index (κ3) is 4.63. The van der Waals surface area contributed by atoms with Crippen molar-refractivity contribution in [2.45, 2.75) is 51.6 Å². The molecule has 3 aromatic carbocycles. The van der Waals surface area contributed by atoms with E-state index < -0.39 is 0 Å². The summed E-state index contributed by atoms with van der Waals surface area (Å²) in [6.45, 7) is 8.72. The number of piperidine rings is 1. The molecular weight excluding hydrogens is 406 g/mol. The van der Waals surface area contributed by atoms with Crippen molar-refractivity contribution in [3.05, 3.63) is 77.4 Å². The number of amides is 1. The monoisotopic (exact) mass is 441 g/mol. The summed E-state index contributed by atoms with van der Waals surface area (Å²) in [5.74, 6) is 0.00145. The minimum absolute atomic E-state index is 0.00145. The van der Waals surface area contributed by atoms with Gasteiger partial charge in [-0.15, -0.1) is 0 Å². The number of nitrogens with one attached hydrogen (secondary N) is 1. The molecule has 0 spiro atoms. The Morgan fingerprint density at radius 1 is 0.970 bits per heavy atom. The molecule has 0 aliphatic carbocycles. The summed E-state index contributed by atoms with van der Waals surface area (Å²) >= 11 is 0. The van der Waals surface area contributed by atoms with Crippen LogP contribution < -0.4 is 10.2 Å². The number of anilines is 1. The van der Waals surface area contributed by atoms with Crippen molar-refractivity contribution in [1.29, 1.82) is 0 Å². The summed E-state index contributed by atoms with van der Waals surface area (Å²) in [5.41, 5.74) is 4.12. The molecular formula is C29H35N3O. The number of aryl methyl sites for hydroxylation is 1. The fourth-order valence-electron chi connectivity index (χ4n) is 5.59. The molecule has 0 saturated carbocycles. The molecule has 5 rings (SSSR count). The Balaban J connectivity index is 1.31. The average Bonchev–Trinajstić information content (AvgIpc) is 3.35. The largest absolute Gasteiger partial charge is 0.370 e. The topological polar surface area (TPSA) is 35.6 Å². The normalized spacial score (nSPS) is 20.2. The Hall–Kier alpha value is -2.85. The van der Waals surface area contributed by atoms with Gasteiger partial charge in [-0.05, 0) is 80.2 Å². The Bertz CT molecular complexity index is 1130. The van der Waals surface area contributed by atoms with Crippen molar-refractivity contribution < 1.29 is 4.79 Å². The highest BCUT2D eigenvalue weighted by molar-refractivity contribution is 5.97. The van der Waals surface area contributed by atoms with E-state index in [9.17, 15) is 4.79 Å². The quantitative estimate of drug-likeness (QED) is 0.551. The molecule has 33 heavy (non-hydrogen) atoms. The number of carbonyl (C=O) groups excluding carboxylic acids is 1. The standard InChI is InChI=1S/C29H35N3O/c1-21-13-14-24(32-18-15-25(20-32)31-16-6-3-7-17-31)19-28(21)29(33)30-22(2)26-12-8-10-23-9-4-5-11-27(23)26/h4-5,8-14,19,22,25H,3,6-7,15-18,20H2,1-2H3,(H,30,33)/t22?,25-/m1/s1. The second kappa shape index (κ2) is 9.56. The fourth-order valence-corrected chi connectivity index (χ4v) is 5.59. The van der Waals surface area contributed by atoms with Crippen molar-refractivity contribution in [3.8, 4) is 0 Å². The van der Waals surface area contributed by atoms with E-state index in [1.807, 2.05) is 6.92 Å². The number of hydrogen-bond donors (Lipinski definition) is 1. The number of nitrogens with zero attached hydrogens (tertiary/aromatic N) is 2. The summed E-state index contributed by atoms with van der Waals surface area (Å²) in [4.78, 5) is 18.5. The molecule has 2 fully saturated rings. The second-order valence-electron chi connectivity index (χ2n) is 9.75. The van der Waals surface area contributed by atoms with Gasteiger partial charge in [-0.1, -0.05) is 55.0 Å². The van der Waals surface area contributed by atoms with Gasteiger partial charge >= 0.3 is 0 Å². The van der Waals surface area contributed by atoms with E-state index >= 15 is 0 Å². The van der Waals surface area contributed by atoms with Crippen LogP contribution in [0.15, 0.2) is 60.7 Å². The lowest BCUT2D eigenvalue weighted by molar-refractivity contribution is 0.0939. The van der Waals surface area contributed by atoms with Crippen molar-refractivity contribution in [2.75, 3.05) is 31.1 Å². The fraction of sp³-hybridized carbons (Fsp3) is 0.414. The van der Waals surface area contributed by atoms with Crippen molar-refractivity contribution in [2.24, 2.45) is 0 Å². The molecule has 2 heterocycles. The number of rotatable bonds is 5. The average molecular weight is 442 g/mol. The van der Waals surface area contributed by atoms with Gasteiger partial charge < -0.3 is 10.2 Å². The van der Waals surface area contributed by atoms with E-state index in [4.69, 9.17) is 0 Å². The molecule has 2 aliphatic rings. The zero-order valence-corrected chi connectivity index (χ0v) is 19.9. The molecule has 0 aromatic heterocycles. The first-order valence-electron chi connectivity index (χ1n) is 12.5. The third-order valence-electron chi connectivity index (χ3n) is 7.54. The molecule has 1 amide bonds.